The van der Waals surface area contributed by atoms with Crippen molar-refractivity contribution in [3.05, 3.63) is 71.8 Å². The van der Waals surface area contributed by atoms with Gasteiger partial charge in [0.1, 0.15) is 6.61 Å². The van der Waals surface area contributed by atoms with Gasteiger partial charge in [-0.15, -0.1) is 0 Å². The fourth-order valence-corrected chi connectivity index (χ4v) is 3.40. The Kier molecular flexibility index (Phi) is 6.02. The topological polar surface area (TPSA) is 38.3 Å². The molecule has 0 spiro atoms. The standard InChI is InChI=1S/C21H25NO2/c23-21(16-24-15-17-7-3-1-4-8-17)22-20-13-11-19(12-14-20)18-9-5-2-6-10-18/h1-10,19-20H,11-16H2,(H,22,23). The molecule has 0 atom stereocenters. The second-order valence-electron chi connectivity index (χ2n) is 6.51. The third-order valence-electron chi connectivity index (χ3n) is 4.71. The van der Waals surface area contributed by atoms with Crippen LogP contribution in [0.1, 0.15) is 42.7 Å². The summed E-state index contributed by atoms with van der Waals surface area (Å²) >= 11 is 0. The molecule has 2 aromatic carbocycles. The van der Waals surface area contributed by atoms with Crippen LogP contribution in [0.3, 0.4) is 0 Å². The molecule has 1 aliphatic rings. The first-order valence-electron chi connectivity index (χ1n) is 8.77. The second-order valence-corrected chi connectivity index (χ2v) is 6.51. The van der Waals surface area contributed by atoms with Gasteiger partial charge in [0.2, 0.25) is 5.91 Å². The molecule has 1 aliphatic carbocycles. The predicted molar refractivity (Wildman–Crippen MR) is 95.7 cm³/mol. The highest BCUT2D eigenvalue weighted by atomic mass is 16.5. The van der Waals surface area contributed by atoms with Crippen molar-refractivity contribution in [2.45, 2.75) is 44.2 Å². The van der Waals surface area contributed by atoms with Crippen LogP contribution in [0, 0.1) is 0 Å². The molecule has 0 unspecified atom stereocenters. The molecule has 126 valence electrons. The van der Waals surface area contributed by atoms with E-state index < -0.39 is 0 Å². The summed E-state index contributed by atoms with van der Waals surface area (Å²) in [6.07, 6.45) is 4.37. The molecule has 0 aromatic heterocycles. The third-order valence-corrected chi connectivity index (χ3v) is 4.71. The van der Waals surface area contributed by atoms with Crippen LogP contribution in [0.25, 0.3) is 0 Å². The van der Waals surface area contributed by atoms with E-state index in [4.69, 9.17) is 4.74 Å². The van der Waals surface area contributed by atoms with Gasteiger partial charge in [0.05, 0.1) is 6.61 Å². The van der Waals surface area contributed by atoms with E-state index in [1.807, 2.05) is 30.3 Å². The number of carbonyl (C=O) groups is 1. The summed E-state index contributed by atoms with van der Waals surface area (Å²) < 4.78 is 5.50. The summed E-state index contributed by atoms with van der Waals surface area (Å²) in [5.41, 5.74) is 2.52. The lowest BCUT2D eigenvalue weighted by molar-refractivity contribution is -0.127. The van der Waals surface area contributed by atoms with Crippen LogP contribution < -0.4 is 5.32 Å². The molecule has 3 rings (SSSR count). The summed E-state index contributed by atoms with van der Waals surface area (Å²) in [6, 6.07) is 20.9. The molecule has 1 amide bonds. The van der Waals surface area contributed by atoms with Crippen LogP contribution in [-0.2, 0) is 16.1 Å². The Morgan fingerprint density at radius 2 is 1.54 bits per heavy atom. The number of carbonyl (C=O) groups excluding carboxylic acids is 1. The molecule has 1 fully saturated rings. The molecule has 3 heteroatoms. The Morgan fingerprint density at radius 1 is 0.917 bits per heavy atom. The van der Waals surface area contributed by atoms with Gasteiger partial charge in [0.15, 0.2) is 0 Å². The van der Waals surface area contributed by atoms with E-state index in [0.717, 1.165) is 31.2 Å². The van der Waals surface area contributed by atoms with Crippen LogP contribution in [0.2, 0.25) is 0 Å². The Hall–Kier alpha value is -2.13. The van der Waals surface area contributed by atoms with Gasteiger partial charge < -0.3 is 10.1 Å². The van der Waals surface area contributed by atoms with Crippen molar-refractivity contribution in [3.8, 4) is 0 Å². The van der Waals surface area contributed by atoms with Crippen LogP contribution in [0.15, 0.2) is 60.7 Å². The Morgan fingerprint density at radius 3 is 2.21 bits per heavy atom. The van der Waals surface area contributed by atoms with Gasteiger partial charge in [-0.05, 0) is 42.7 Å². The Balaban J connectivity index is 1.36. The zero-order valence-electron chi connectivity index (χ0n) is 14.0. The van der Waals surface area contributed by atoms with Crippen molar-refractivity contribution in [1.29, 1.82) is 0 Å². The van der Waals surface area contributed by atoms with E-state index >= 15 is 0 Å². The van der Waals surface area contributed by atoms with E-state index in [-0.39, 0.29) is 18.6 Å². The fourth-order valence-electron chi connectivity index (χ4n) is 3.40. The summed E-state index contributed by atoms with van der Waals surface area (Å²) in [7, 11) is 0. The summed E-state index contributed by atoms with van der Waals surface area (Å²) in [5.74, 6) is 0.628. The predicted octanol–water partition coefficient (Wildman–Crippen LogP) is 4.05. The van der Waals surface area contributed by atoms with Gasteiger partial charge in [0.25, 0.3) is 0 Å². The first-order valence-corrected chi connectivity index (χ1v) is 8.77. The van der Waals surface area contributed by atoms with E-state index in [1.165, 1.54) is 5.56 Å². The number of hydrogen-bond acceptors (Lipinski definition) is 2. The monoisotopic (exact) mass is 323 g/mol. The summed E-state index contributed by atoms with van der Waals surface area (Å²) in [4.78, 5) is 12.0. The Labute approximate surface area is 144 Å². The molecule has 1 N–H and O–H groups in total. The lowest BCUT2D eigenvalue weighted by atomic mass is 9.82. The maximum Gasteiger partial charge on any atom is 0.246 e. The fraction of sp³-hybridized carbons (Fsp3) is 0.381. The molecule has 0 aliphatic heterocycles. The van der Waals surface area contributed by atoms with E-state index in [0.29, 0.717) is 12.5 Å². The quantitative estimate of drug-likeness (QED) is 0.871. The van der Waals surface area contributed by atoms with Crippen LogP contribution in [0.5, 0.6) is 0 Å². The second kappa shape index (κ2) is 8.65. The molecule has 1 saturated carbocycles. The van der Waals surface area contributed by atoms with Crippen molar-refractivity contribution < 1.29 is 9.53 Å². The molecule has 0 saturated heterocycles. The van der Waals surface area contributed by atoms with E-state index in [1.54, 1.807) is 0 Å². The SMILES string of the molecule is O=C(COCc1ccccc1)NC1CCC(c2ccccc2)CC1. The minimum Gasteiger partial charge on any atom is -0.367 e. The van der Waals surface area contributed by atoms with E-state index in [9.17, 15) is 4.79 Å². The minimum atomic E-state index is -0.00547. The van der Waals surface area contributed by atoms with Crippen LogP contribution >= 0.6 is 0 Å². The number of nitrogens with one attached hydrogen (secondary N) is 1. The van der Waals surface area contributed by atoms with Crippen molar-refractivity contribution in [1.82, 2.24) is 5.32 Å². The average molecular weight is 323 g/mol. The third kappa shape index (κ3) is 4.93. The number of amides is 1. The largest absolute Gasteiger partial charge is 0.367 e. The molecule has 0 bridgehead atoms. The van der Waals surface area contributed by atoms with Gasteiger partial charge in [-0.3, -0.25) is 4.79 Å². The van der Waals surface area contributed by atoms with Gasteiger partial charge >= 0.3 is 0 Å². The highest BCUT2D eigenvalue weighted by Crippen LogP contribution is 2.32. The lowest BCUT2D eigenvalue weighted by Crippen LogP contribution is -2.39. The molecular formula is C21H25NO2. The lowest BCUT2D eigenvalue weighted by Gasteiger charge is -2.29. The maximum atomic E-state index is 12.0. The smallest absolute Gasteiger partial charge is 0.246 e. The van der Waals surface area contributed by atoms with Crippen molar-refractivity contribution in [3.63, 3.8) is 0 Å². The van der Waals surface area contributed by atoms with Gasteiger partial charge in [0, 0.05) is 6.04 Å². The number of benzene rings is 2. The van der Waals surface area contributed by atoms with E-state index in [2.05, 4.69) is 35.6 Å². The molecule has 2 aromatic rings. The number of hydrogen-bond donors (Lipinski definition) is 1. The highest BCUT2D eigenvalue weighted by molar-refractivity contribution is 5.77. The first-order chi connectivity index (χ1) is 11.8. The maximum absolute atomic E-state index is 12.0. The first kappa shape index (κ1) is 16.7. The van der Waals surface area contributed by atoms with Crippen LogP contribution in [0.4, 0.5) is 0 Å². The van der Waals surface area contributed by atoms with Gasteiger partial charge in [-0.2, -0.15) is 0 Å². The van der Waals surface area contributed by atoms with Crippen molar-refractivity contribution in [2.24, 2.45) is 0 Å². The normalized spacial score (nSPS) is 20.5. The highest BCUT2D eigenvalue weighted by Gasteiger charge is 2.23. The average Bonchev–Trinajstić information content (AvgIpc) is 2.64. The summed E-state index contributed by atoms with van der Waals surface area (Å²) in [5, 5.41) is 3.11. The molecule has 3 nitrogen and oxygen atoms in total. The number of rotatable bonds is 6. The number of ether oxygens (including phenoxy) is 1. The van der Waals surface area contributed by atoms with Crippen LogP contribution in [-0.4, -0.2) is 18.6 Å². The van der Waals surface area contributed by atoms with Crippen molar-refractivity contribution in [2.75, 3.05) is 6.61 Å². The summed E-state index contributed by atoms with van der Waals surface area (Å²) in [6.45, 7) is 0.614. The zero-order valence-corrected chi connectivity index (χ0v) is 14.0. The van der Waals surface area contributed by atoms with Gasteiger partial charge in [-0.25, -0.2) is 0 Å². The minimum absolute atomic E-state index is 0.00547. The van der Waals surface area contributed by atoms with Gasteiger partial charge in [-0.1, -0.05) is 60.7 Å². The molecular weight excluding hydrogens is 298 g/mol. The molecule has 0 radical (unpaired) electrons. The molecule has 0 heterocycles. The zero-order chi connectivity index (χ0) is 16.6. The molecule has 24 heavy (non-hydrogen) atoms. The Bertz CT molecular complexity index is 619. The van der Waals surface area contributed by atoms with Crippen molar-refractivity contribution >= 4 is 5.91 Å².